The number of pyridine rings is 1. The SMILES string of the molecule is Cc1nc(C)c(CNC(=O)c2nccc3ccsc23)nc1C. The van der Waals surface area contributed by atoms with Gasteiger partial charge in [0.1, 0.15) is 5.69 Å². The normalized spacial score (nSPS) is 10.9. The molecule has 3 heterocycles. The molecule has 1 N–H and O–H groups in total. The summed E-state index contributed by atoms with van der Waals surface area (Å²) >= 11 is 1.52. The van der Waals surface area contributed by atoms with Crippen molar-refractivity contribution in [3.8, 4) is 0 Å². The lowest BCUT2D eigenvalue weighted by molar-refractivity contribution is 0.0947. The first-order valence-electron chi connectivity index (χ1n) is 6.97. The van der Waals surface area contributed by atoms with Crippen LogP contribution in [0.3, 0.4) is 0 Å². The molecule has 5 nitrogen and oxygen atoms in total. The van der Waals surface area contributed by atoms with E-state index in [1.54, 1.807) is 6.20 Å². The zero-order valence-electron chi connectivity index (χ0n) is 12.7. The van der Waals surface area contributed by atoms with Crippen LogP contribution in [0, 0.1) is 20.8 Å². The molecule has 0 aliphatic heterocycles. The van der Waals surface area contributed by atoms with Crippen molar-refractivity contribution in [2.24, 2.45) is 0 Å². The third-order valence-electron chi connectivity index (χ3n) is 3.58. The number of hydrogen-bond donors (Lipinski definition) is 1. The summed E-state index contributed by atoms with van der Waals surface area (Å²) in [7, 11) is 0. The number of hydrogen-bond acceptors (Lipinski definition) is 5. The van der Waals surface area contributed by atoms with E-state index in [9.17, 15) is 4.79 Å². The smallest absolute Gasteiger partial charge is 0.271 e. The Kier molecular flexibility index (Phi) is 3.85. The average molecular weight is 312 g/mol. The lowest BCUT2D eigenvalue weighted by Gasteiger charge is -2.09. The molecule has 0 aliphatic rings. The van der Waals surface area contributed by atoms with Crippen LogP contribution in [-0.4, -0.2) is 20.9 Å². The second-order valence-corrected chi connectivity index (χ2v) is 6.02. The molecular formula is C16H16N4OS. The topological polar surface area (TPSA) is 67.8 Å². The third-order valence-corrected chi connectivity index (χ3v) is 4.52. The minimum absolute atomic E-state index is 0.188. The maximum atomic E-state index is 12.4. The fourth-order valence-electron chi connectivity index (χ4n) is 2.23. The minimum atomic E-state index is -0.188. The number of aromatic nitrogens is 3. The fraction of sp³-hybridized carbons (Fsp3) is 0.250. The first kappa shape index (κ1) is 14.6. The average Bonchev–Trinajstić information content (AvgIpc) is 2.97. The van der Waals surface area contributed by atoms with Gasteiger partial charge in [0.15, 0.2) is 0 Å². The van der Waals surface area contributed by atoms with Gasteiger partial charge in [0.2, 0.25) is 0 Å². The largest absolute Gasteiger partial charge is 0.345 e. The molecule has 0 spiro atoms. The van der Waals surface area contributed by atoms with E-state index in [1.165, 1.54) is 11.3 Å². The van der Waals surface area contributed by atoms with Crippen molar-refractivity contribution in [3.63, 3.8) is 0 Å². The Balaban J connectivity index is 1.81. The van der Waals surface area contributed by atoms with Crippen LogP contribution in [0.4, 0.5) is 0 Å². The van der Waals surface area contributed by atoms with Gasteiger partial charge in [0.25, 0.3) is 5.91 Å². The standard InChI is InChI=1S/C16H16N4OS/c1-9-10(2)20-13(11(3)19-9)8-18-16(21)14-15-12(4-6-17-14)5-7-22-15/h4-7H,8H2,1-3H3,(H,18,21). The van der Waals surface area contributed by atoms with Crippen LogP contribution < -0.4 is 5.32 Å². The lowest BCUT2D eigenvalue weighted by Crippen LogP contribution is -2.25. The fourth-order valence-corrected chi connectivity index (χ4v) is 3.11. The number of carbonyl (C=O) groups excluding carboxylic acids is 1. The highest BCUT2D eigenvalue weighted by molar-refractivity contribution is 7.17. The van der Waals surface area contributed by atoms with Crippen LogP contribution in [0.2, 0.25) is 0 Å². The first-order chi connectivity index (χ1) is 10.6. The summed E-state index contributed by atoms with van der Waals surface area (Å²) in [4.78, 5) is 25.5. The van der Waals surface area contributed by atoms with Crippen molar-refractivity contribution >= 4 is 27.3 Å². The zero-order chi connectivity index (χ0) is 15.7. The van der Waals surface area contributed by atoms with E-state index in [0.717, 1.165) is 32.9 Å². The van der Waals surface area contributed by atoms with E-state index < -0.39 is 0 Å². The summed E-state index contributed by atoms with van der Waals surface area (Å²) in [5.74, 6) is -0.188. The number of aryl methyl sites for hydroxylation is 3. The van der Waals surface area contributed by atoms with Gasteiger partial charge in [0, 0.05) is 6.20 Å². The molecule has 0 atom stereocenters. The van der Waals surface area contributed by atoms with Crippen molar-refractivity contribution in [2.45, 2.75) is 27.3 Å². The molecule has 6 heteroatoms. The molecule has 0 saturated carbocycles. The number of rotatable bonds is 3. The van der Waals surface area contributed by atoms with Gasteiger partial charge < -0.3 is 5.32 Å². The Hall–Kier alpha value is -2.34. The van der Waals surface area contributed by atoms with E-state index in [0.29, 0.717) is 12.2 Å². The molecule has 112 valence electrons. The second-order valence-electron chi connectivity index (χ2n) is 5.11. The van der Waals surface area contributed by atoms with Crippen LogP contribution in [0.15, 0.2) is 23.7 Å². The Labute approximate surface area is 132 Å². The maximum absolute atomic E-state index is 12.4. The van der Waals surface area contributed by atoms with Crippen LogP contribution in [-0.2, 0) is 6.54 Å². The van der Waals surface area contributed by atoms with Crippen molar-refractivity contribution in [1.29, 1.82) is 0 Å². The lowest BCUT2D eigenvalue weighted by atomic mass is 10.2. The molecule has 0 fully saturated rings. The van der Waals surface area contributed by atoms with Gasteiger partial charge in [-0.1, -0.05) is 0 Å². The van der Waals surface area contributed by atoms with Gasteiger partial charge >= 0.3 is 0 Å². The van der Waals surface area contributed by atoms with Gasteiger partial charge in [-0.2, -0.15) is 0 Å². The summed E-state index contributed by atoms with van der Waals surface area (Å²) in [5, 5.41) is 5.88. The molecular weight excluding hydrogens is 296 g/mol. The van der Waals surface area contributed by atoms with Crippen molar-refractivity contribution in [3.05, 3.63) is 52.2 Å². The number of thiophene rings is 1. The van der Waals surface area contributed by atoms with Gasteiger partial charge in [-0.15, -0.1) is 11.3 Å². The zero-order valence-corrected chi connectivity index (χ0v) is 13.5. The van der Waals surface area contributed by atoms with Crippen LogP contribution in [0.25, 0.3) is 10.1 Å². The molecule has 0 aromatic carbocycles. The van der Waals surface area contributed by atoms with Crippen molar-refractivity contribution in [1.82, 2.24) is 20.3 Å². The summed E-state index contributed by atoms with van der Waals surface area (Å²) in [6.45, 7) is 6.10. The Morgan fingerprint density at radius 1 is 1.14 bits per heavy atom. The van der Waals surface area contributed by atoms with Crippen molar-refractivity contribution < 1.29 is 4.79 Å². The third kappa shape index (κ3) is 2.69. The predicted molar refractivity (Wildman–Crippen MR) is 87.0 cm³/mol. The summed E-state index contributed by atoms with van der Waals surface area (Å²) < 4.78 is 0.905. The van der Waals surface area contributed by atoms with Gasteiger partial charge in [0.05, 0.1) is 34.0 Å². The van der Waals surface area contributed by atoms with Crippen LogP contribution in [0.1, 0.15) is 33.3 Å². The molecule has 0 unspecified atom stereocenters. The summed E-state index contributed by atoms with van der Waals surface area (Å²) in [6, 6.07) is 3.89. The first-order valence-corrected chi connectivity index (χ1v) is 7.85. The summed E-state index contributed by atoms with van der Waals surface area (Å²) in [5.41, 5.74) is 3.88. The number of nitrogens with one attached hydrogen (secondary N) is 1. The summed E-state index contributed by atoms with van der Waals surface area (Å²) in [6.07, 6.45) is 1.66. The van der Waals surface area contributed by atoms with E-state index in [1.807, 2.05) is 38.3 Å². The Morgan fingerprint density at radius 2 is 1.91 bits per heavy atom. The molecule has 22 heavy (non-hydrogen) atoms. The van der Waals surface area contributed by atoms with Gasteiger partial charge in [-0.3, -0.25) is 14.8 Å². The molecule has 3 aromatic rings. The Bertz CT molecular complexity index is 856. The Morgan fingerprint density at radius 3 is 2.73 bits per heavy atom. The van der Waals surface area contributed by atoms with Crippen molar-refractivity contribution in [2.75, 3.05) is 0 Å². The van der Waals surface area contributed by atoms with E-state index in [-0.39, 0.29) is 5.91 Å². The molecule has 3 aromatic heterocycles. The maximum Gasteiger partial charge on any atom is 0.271 e. The molecule has 0 aliphatic carbocycles. The highest BCUT2D eigenvalue weighted by Crippen LogP contribution is 2.22. The highest BCUT2D eigenvalue weighted by Gasteiger charge is 2.13. The number of nitrogens with zero attached hydrogens (tertiary/aromatic N) is 3. The number of fused-ring (bicyclic) bond motifs is 1. The quantitative estimate of drug-likeness (QED) is 0.807. The molecule has 0 bridgehead atoms. The molecule has 1 amide bonds. The number of carbonyl (C=O) groups is 1. The van der Waals surface area contributed by atoms with E-state index in [4.69, 9.17) is 0 Å². The van der Waals surface area contributed by atoms with Gasteiger partial charge in [-0.05, 0) is 43.7 Å². The van der Waals surface area contributed by atoms with Gasteiger partial charge in [-0.25, -0.2) is 4.98 Å². The highest BCUT2D eigenvalue weighted by atomic mass is 32.1. The predicted octanol–water partition coefficient (Wildman–Crippen LogP) is 2.94. The molecule has 0 saturated heterocycles. The number of amides is 1. The molecule has 0 radical (unpaired) electrons. The molecule has 3 rings (SSSR count). The van der Waals surface area contributed by atoms with Crippen LogP contribution >= 0.6 is 11.3 Å². The minimum Gasteiger partial charge on any atom is -0.345 e. The van der Waals surface area contributed by atoms with E-state index in [2.05, 4.69) is 20.3 Å². The van der Waals surface area contributed by atoms with Crippen LogP contribution in [0.5, 0.6) is 0 Å². The second kappa shape index (κ2) is 5.81. The van der Waals surface area contributed by atoms with E-state index >= 15 is 0 Å². The monoisotopic (exact) mass is 312 g/mol.